The van der Waals surface area contributed by atoms with Crippen molar-refractivity contribution in [2.75, 3.05) is 19.3 Å². The second-order valence-electron chi connectivity index (χ2n) is 10.4. The van der Waals surface area contributed by atoms with E-state index < -0.39 is 17.6 Å². The van der Waals surface area contributed by atoms with E-state index in [2.05, 4.69) is 65.0 Å². The van der Waals surface area contributed by atoms with Crippen molar-refractivity contribution in [3.63, 3.8) is 0 Å². The van der Waals surface area contributed by atoms with Crippen LogP contribution >= 0.6 is 0 Å². The van der Waals surface area contributed by atoms with Gasteiger partial charge in [-0.15, -0.1) is 0 Å². The number of hydrogen-bond donors (Lipinski definition) is 1. The van der Waals surface area contributed by atoms with Crippen LogP contribution in [-0.4, -0.2) is 40.8 Å². The minimum absolute atomic E-state index is 0.00449. The lowest BCUT2D eigenvalue weighted by atomic mass is 10.1. The molecule has 1 aliphatic rings. The molecular weight excluding hydrogens is 597 g/mol. The molecule has 0 saturated carbocycles. The molecule has 262 valence electrons. The molecule has 5 nitrogen and oxygen atoms in total. The van der Waals surface area contributed by atoms with Gasteiger partial charge in [-0.05, 0) is 92.0 Å². The second-order valence-corrected chi connectivity index (χ2v) is 11.7. The first-order chi connectivity index (χ1) is 21.1. The number of carbonyl (C=O) groups is 1. The van der Waals surface area contributed by atoms with Gasteiger partial charge in [-0.2, -0.15) is 8.78 Å². The van der Waals surface area contributed by atoms with Gasteiger partial charge in [-0.25, -0.2) is 12.9 Å². The summed E-state index contributed by atoms with van der Waals surface area (Å²) >= 11 is 0. The molecule has 0 spiro atoms. The lowest BCUT2D eigenvalue weighted by Crippen LogP contribution is -2.21. The number of carbonyl (C=O) groups excluding carboxylic acids is 1. The molecule has 2 aromatic rings. The quantitative estimate of drug-likeness (QED) is 0.313. The minimum Gasteiger partial charge on any atom is -0.435 e. The number of aryl methyl sites for hydroxylation is 3. The van der Waals surface area contributed by atoms with E-state index in [0.717, 1.165) is 49.3 Å². The van der Waals surface area contributed by atoms with Crippen LogP contribution in [0.4, 0.5) is 13.2 Å². The van der Waals surface area contributed by atoms with E-state index in [0.29, 0.717) is 17.7 Å². The molecule has 2 N–H and O–H groups in total. The second kappa shape index (κ2) is 31.3. The highest BCUT2D eigenvalue weighted by molar-refractivity contribution is 7.81. The van der Waals surface area contributed by atoms with Crippen molar-refractivity contribution in [2.24, 2.45) is 17.6 Å². The fourth-order valence-electron chi connectivity index (χ4n) is 3.26. The molecule has 0 radical (unpaired) electrons. The molecule has 0 aromatic heterocycles. The SMILES string of the molecule is C=C(N)c1ccc(C)c(C)c1.CC.CC.CC(C)C.CC1CCN(S(C)=O)C1.CC=O.CCCc1cc(OC(F)F)ccc1F. The summed E-state index contributed by atoms with van der Waals surface area (Å²) in [6.07, 6.45) is 4.99. The predicted molar refractivity (Wildman–Crippen MR) is 191 cm³/mol. The average Bonchev–Trinajstić information content (AvgIpc) is 3.42. The molecule has 2 aromatic carbocycles. The molecule has 9 heteroatoms. The average molecular weight is 661 g/mol. The number of ether oxygens (including phenoxy) is 1. The summed E-state index contributed by atoms with van der Waals surface area (Å²) in [7, 11) is -0.728. The van der Waals surface area contributed by atoms with E-state index >= 15 is 0 Å². The zero-order valence-corrected chi connectivity index (χ0v) is 31.1. The Morgan fingerprint density at radius 3 is 1.93 bits per heavy atom. The topological polar surface area (TPSA) is 72.6 Å². The first-order valence-electron chi connectivity index (χ1n) is 15.8. The Hall–Kier alpha value is -2.65. The van der Waals surface area contributed by atoms with Gasteiger partial charge in [-0.1, -0.05) is 87.4 Å². The van der Waals surface area contributed by atoms with Crippen LogP contribution in [0.2, 0.25) is 0 Å². The summed E-state index contributed by atoms with van der Waals surface area (Å²) in [5, 5.41) is 0. The zero-order chi connectivity index (χ0) is 36.1. The lowest BCUT2D eigenvalue weighted by molar-refractivity contribution is -0.106. The van der Waals surface area contributed by atoms with Crippen molar-refractivity contribution < 1.29 is 26.9 Å². The molecule has 0 bridgehead atoms. The number of nitrogens with zero attached hydrogens (tertiary/aromatic N) is 1. The van der Waals surface area contributed by atoms with Crippen LogP contribution < -0.4 is 10.5 Å². The molecule has 0 amide bonds. The Morgan fingerprint density at radius 2 is 1.60 bits per heavy atom. The number of rotatable bonds is 6. The van der Waals surface area contributed by atoms with E-state index in [1.54, 1.807) is 6.26 Å². The first kappa shape index (κ1) is 49.2. The highest BCUT2D eigenvalue weighted by Crippen LogP contribution is 2.20. The highest BCUT2D eigenvalue weighted by atomic mass is 32.2. The Labute approximate surface area is 276 Å². The monoisotopic (exact) mass is 660 g/mol. The summed E-state index contributed by atoms with van der Waals surface area (Å²) in [4.78, 5) is 8.81. The third-order valence-electron chi connectivity index (χ3n) is 5.39. The van der Waals surface area contributed by atoms with Crippen LogP contribution in [0.3, 0.4) is 0 Å². The van der Waals surface area contributed by atoms with E-state index in [4.69, 9.17) is 10.5 Å². The lowest BCUT2D eigenvalue weighted by Gasteiger charge is -2.09. The summed E-state index contributed by atoms with van der Waals surface area (Å²) in [6.45, 7) is 27.0. The van der Waals surface area contributed by atoms with E-state index in [1.807, 2.05) is 45.0 Å². The van der Waals surface area contributed by atoms with Crippen molar-refractivity contribution in [1.82, 2.24) is 4.31 Å². The van der Waals surface area contributed by atoms with Gasteiger partial charge in [0.05, 0.1) is 11.0 Å². The predicted octanol–water partition coefficient (Wildman–Crippen LogP) is 10.2. The highest BCUT2D eigenvalue weighted by Gasteiger charge is 2.20. The number of aldehydes is 1. The Balaban J connectivity index is -0.000000244. The number of halogens is 3. The van der Waals surface area contributed by atoms with Gasteiger partial charge >= 0.3 is 6.61 Å². The third kappa shape index (κ3) is 28.6. The van der Waals surface area contributed by atoms with E-state index in [-0.39, 0.29) is 11.6 Å². The van der Waals surface area contributed by atoms with Crippen molar-refractivity contribution in [1.29, 1.82) is 0 Å². The molecule has 1 fully saturated rings. The molecule has 2 unspecified atom stereocenters. The van der Waals surface area contributed by atoms with Gasteiger partial charge in [0.15, 0.2) is 0 Å². The fourth-order valence-corrected chi connectivity index (χ4v) is 4.08. The molecule has 1 saturated heterocycles. The Morgan fingerprint density at radius 1 is 1.09 bits per heavy atom. The van der Waals surface area contributed by atoms with Gasteiger partial charge in [0.1, 0.15) is 17.9 Å². The van der Waals surface area contributed by atoms with Gasteiger partial charge < -0.3 is 15.3 Å². The summed E-state index contributed by atoms with van der Waals surface area (Å²) in [5.74, 6) is 1.20. The molecular formula is C36H63F3N2O3S. The van der Waals surface area contributed by atoms with Gasteiger partial charge in [0.2, 0.25) is 0 Å². The number of alkyl halides is 2. The van der Waals surface area contributed by atoms with Crippen molar-refractivity contribution >= 4 is 23.0 Å². The summed E-state index contributed by atoms with van der Waals surface area (Å²) < 4.78 is 53.7. The van der Waals surface area contributed by atoms with Crippen LogP contribution in [0, 0.1) is 31.5 Å². The number of nitrogens with two attached hydrogens (primary N) is 1. The molecule has 1 aliphatic heterocycles. The molecule has 3 rings (SSSR count). The van der Waals surface area contributed by atoms with Gasteiger partial charge in [-0.3, -0.25) is 0 Å². The maximum absolute atomic E-state index is 13.1. The smallest absolute Gasteiger partial charge is 0.387 e. The Bertz CT molecular complexity index is 1050. The van der Waals surface area contributed by atoms with Crippen LogP contribution in [0.1, 0.15) is 104 Å². The van der Waals surface area contributed by atoms with Crippen LogP contribution in [0.15, 0.2) is 43.0 Å². The van der Waals surface area contributed by atoms with Gasteiger partial charge in [0, 0.05) is 25.0 Å². The standard InChI is InChI=1S/C10H11F3O.C10H13N.C6H13NOS.C4H10.C2H4O.2C2H6/c1-2-3-7-6-8(14-10(12)13)4-5-9(7)11;1-7-4-5-10(9(3)11)6-8(7)2;1-6-3-4-7(5-6)9(2)8;1-4(2)3;1-2-3;2*1-2/h4-6,10H,2-3H2,1H3;4-6H,3,11H2,1-2H3;6H,3-5H2,1-2H3;4H,1-3H3;2H,1H3;2*1-2H3. The molecule has 0 aliphatic carbocycles. The maximum atomic E-state index is 13.1. The molecule has 45 heavy (non-hydrogen) atoms. The van der Waals surface area contributed by atoms with Crippen molar-refractivity contribution in [3.05, 3.63) is 71.0 Å². The maximum Gasteiger partial charge on any atom is 0.387 e. The van der Waals surface area contributed by atoms with Crippen molar-refractivity contribution in [2.45, 2.75) is 109 Å². The Kier molecular flexibility index (Phi) is 34.3. The molecule has 2 atom stereocenters. The third-order valence-corrected chi connectivity index (χ3v) is 6.45. The van der Waals surface area contributed by atoms with Crippen LogP contribution in [0.25, 0.3) is 5.70 Å². The van der Waals surface area contributed by atoms with Crippen LogP contribution in [0.5, 0.6) is 5.75 Å². The van der Waals surface area contributed by atoms with Crippen LogP contribution in [-0.2, 0) is 22.2 Å². The summed E-state index contributed by atoms with van der Waals surface area (Å²) in [6, 6.07) is 9.75. The normalized spacial score (nSPS) is 13.6. The van der Waals surface area contributed by atoms with E-state index in [1.165, 1.54) is 36.6 Å². The molecule has 1 heterocycles. The van der Waals surface area contributed by atoms with Crippen molar-refractivity contribution in [3.8, 4) is 5.75 Å². The summed E-state index contributed by atoms with van der Waals surface area (Å²) in [5.41, 5.74) is 10.1. The largest absolute Gasteiger partial charge is 0.435 e. The number of benzene rings is 2. The number of hydrogen-bond acceptors (Lipinski definition) is 4. The zero-order valence-electron chi connectivity index (χ0n) is 30.3. The minimum atomic E-state index is -2.87. The van der Waals surface area contributed by atoms with E-state index in [9.17, 15) is 17.4 Å². The first-order valence-corrected chi connectivity index (χ1v) is 17.3. The fraction of sp³-hybridized carbons (Fsp3) is 0.583. The van der Waals surface area contributed by atoms with Gasteiger partial charge in [0.25, 0.3) is 0 Å².